The van der Waals surface area contributed by atoms with Gasteiger partial charge < -0.3 is 5.32 Å². The van der Waals surface area contributed by atoms with Crippen LogP contribution in [0.15, 0.2) is 30.3 Å². The molecule has 4 nitrogen and oxygen atoms in total. The number of carbonyl (C=O) groups is 1. The highest BCUT2D eigenvalue weighted by Crippen LogP contribution is 2.05. The fourth-order valence-electron chi connectivity index (χ4n) is 0.916. The highest BCUT2D eigenvalue weighted by atomic mass is 16.7. The molecule has 0 saturated heterocycles. The second-order valence-corrected chi connectivity index (χ2v) is 2.77. The molecule has 0 fully saturated rings. The first-order valence-corrected chi connectivity index (χ1v) is 4.40. The minimum absolute atomic E-state index is 0.0682. The summed E-state index contributed by atoms with van der Waals surface area (Å²) in [5, 5.41) is 3.71. The molecule has 1 rings (SSSR count). The van der Waals surface area contributed by atoms with Crippen molar-refractivity contribution in [3.8, 4) is 12.3 Å². The number of terminal acetylenes is 1. The molecule has 1 aromatic rings. The van der Waals surface area contributed by atoms with Crippen molar-refractivity contribution in [2.24, 2.45) is 0 Å². The number of urea groups is 1. The molecule has 0 aliphatic rings. The van der Waals surface area contributed by atoms with Crippen molar-refractivity contribution in [2.75, 3.05) is 19.0 Å². The van der Waals surface area contributed by atoms with Crippen LogP contribution in [0.25, 0.3) is 0 Å². The zero-order valence-corrected chi connectivity index (χ0v) is 8.43. The minimum atomic E-state index is -0.364. The Bertz CT molecular complexity index is 357. The lowest BCUT2D eigenvalue weighted by molar-refractivity contribution is -0.0776. The quantitative estimate of drug-likeness (QED) is 0.601. The molecule has 4 heteroatoms. The normalized spacial score (nSPS) is 9.07. The molecule has 0 heterocycles. The molecule has 0 aliphatic heterocycles. The van der Waals surface area contributed by atoms with E-state index in [0.29, 0.717) is 5.69 Å². The first kappa shape index (κ1) is 11.1. The van der Waals surface area contributed by atoms with Crippen LogP contribution in [-0.4, -0.2) is 24.7 Å². The number of hydrogen-bond donors (Lipinski definition) is 1. The predicted octanol–water partition coefficient (Wildman–Crippen LogP) is 1.72. The van der Waals surface area contributed by atoms with Gasteiger partial charge in [0.15, 0.2) is 0 Å². The minimum Gasteiger partial charge on any atom is -0.306 e. The van der Waals surface area contributed by atoms with Gasteiger partial charge in [-0.2, -0.15) is 0 Å². The van der Waals surface area contributed by atoms with Gasteiger partial charge in [0.2, 0.25) is 0 Å². The van der Waals surface area contributed by atoms with Gasteiger partial charge in [0.05, 0.1) is 0 Å². The Morgan fingerprint density at radius 1 is 1.53 bits per heavy atom. The molecule has 1 aromatic carbocycles. The Morgan fingerprint density at radius 3 is 2.80 bits per heavy atom. The molecular weight excluding hydrogens is 192 g/mol. The van der Waals surface area contributed by atoms with Crippen LogP contribution in [0.2, 0.25) is 0 Å². The largest absolute Gasteiger partial charge is 0.345 e. The number of carbonyl (C=O) groups excluding carboxylic acids is 1. The van der Waals surface area contributed by atoms with Gasteiger partial charge in [-0.25, -0.2) is 9.86 Å². The van der Waals surface area contributed by atoms with Gasteiger partial charge in [0.1, 0.15) is 6.61 Å². The number of anilines is 1. The molecule has 0 bridgehead atoms. The fraction of sp³-hybridized carbons (Fsp3) is 0.182. The molecular formula is C11H12N2O2. The highest BCUT2D eigenvalue weighted by Gasteiger charge is 2.07. The average Bonchev–Trinajstić information content (AvgIpc) is 2.27. The van der Waals surface area contributed by atoms with Crippen LogP contribution in [-0.2, 0) is 4.84 Å². The third kappa shape index (κ3) is 3.71. The van der Waals surface area contributed by atoms with Gasteiger partial charge in [0.25, 0.3) is 0 Å². The fourth-order valence-corrected chi connectivity index (χ4v) is 0.916. The third-order valence-electron chi connectivity index (χ3n) is 1.65. The van der Waals surface area contributed by atoms with E-state index in [2.05, 4.69) is 11.2 Å². The van der Waals surface area contributed by atoms with E-state index in [-0.39, 0.29) is 12.6 Å². The van der Waals surface area contributed by atoms with E-state index in [4.69, 9.17) is 11.3 Å². The predicted molar refractivity (Wildman–Crippen MR) is 58.0 cm³/mol. The zero-order chi connectivity index (χ0) is 11.1. The number of hydrogen-bond acceptors (Lipinski definition) is 2. The monoisotopic (exact) mass is 204 g/mol. The molecule has 0 aromatic heterocycles. The van der Waals surface area contributed by atoms with Crippen molar-refractivity contribution in [3.63, 3.8) is 0 Å². The number of amides is 2. The molecule has 0 atom stereocenters. The van der Waals surface area contributed by atoms with Crippen LogP contribution >= 0.6 is 0 Å². The summed E-state index contributed by atoms with van der Waals surface area (Å²) in [6.07, 6.45) is 5.00. The lowest BCUT2D eigenvalue weighted by Crippen LogP contribution is -2.31. The summed E-state index contributed by atoms with van der Waals surface area (Å²) in [6.45, 7) is 0.0682. The van der Waals surface area contributed by atoms with E-state index in [0.717, 1.165) is 5.06 Å². The number of para-hydroxylation sites is 1. The van der Waals surface area contributed by atoms with Crippen LogP contribution in [0.4, 0.5) is 10.5 Å². The SMILES string of the molecule is C#CCON(C)C(=O)Nc1ccccc1. The summed E-state index contributed by atoms with van der Waals surface area (Å²) in [6, 6.07) is 8.74. The summed E-state index contributed by atoms with van der Waals surface area (Å²) >= 11 is 0. The summed E-state index contributed by atoms with van der Waals surface area (Å²) in [4.78, 5) is 16.3. The van der Waals surface area contributed by atoms with E-state index >= 15 is 0 Å². The molecule has 1 N–H and O–H groups in total. The Labute approximate surface area is 88.8 Å². The summed E-state index contributed by atoms with van der Waals surface area (Å²) in [5.74, 6) is 2.27. The number of hydroxylamine groups is 2. The molecule has 15 heavy (non-hydrogen) atoms. The molecule has 0 unspecified atom stereocenters. The summed E-state index contributed by atoms with van der Waals surface area (Å²) in [7, 11) is 1.50. The van der Waals surface area contributed by atoms with E-state index in [9.17, 15) is 4.79 Å². The van der Waals surface area contributed by atoms with Crippen molar-refractivity contribution in [3.05, 3.63) is 30.3 Å². The van der Waals surface area contributed by atoms with E-state index in [1.165, 1.54) is 7.05 Å². The zero-order valence-electron chi connectivity index (χ0n) is 8.43. The average molecular weight is 204 g/mol. The van der Waals surface area contributed by atoms with Gasteiger partial charge in [-0.3, -0.25) is 4.84 Å². The lowest BCUT2D eigenvalue weighted by Gasteiger charge is -2.15. The molecule has 2 amide bonds. The molecule has 0 radical (unpaired) electrons. The Morgan fingerprint density at radius 2 is 2.20 bits per heavy atom. The van der Waals surface area contributed by atoms with Crippen molar-refractivity contribution in [2.45, 2.75) is 0 Å². The van der Waals surface area contributed by atoms with E-state index in [1.54, 1.807) is 12.1 Å². The van der Waals surface area contributed by atoms with E-state index < -0.39 is 0 Å². The number of rotatable bonds is 3. The van der Waals surface area contributed by atoms with Gasteiger partial charge >= 0.3 is 6.03 Å². The maximum atomic E-state index is 11.4. The van der Waals surface area contributed by atoms with Crippen LogP contribution in [0.5, 0.6) is 0 Å². The van der Waals surface area contributed by atoms with Gasteiger partial charge in [-0.15, -0.1) is 6.42 Å². The first-order chi connectivity index (χ1) is 7.24. The van der Waals surface area contributed by atoms with Crippen LogP contribution in [0, 0.1) is 12.3 Å². The van der Waals surface area contributed by atoms with Crippen molar-refractivity contribution < 1.29 is 9.63 Å². The van der Waals surface area contributed by atoms with Gasteiger partial charge in [0, 0.05) is 12.7 Å². The smallest absolute Gasteiger partial charge is 0.306 e. The Balaban J connectivity index is 2.46. The van der Waals surface area contributed by atoms with Gasteiger partial charge in [-0.05, 0) is 12.1 Å². The van der Waals surface area contributed by atoms with Crippen molar-refractivity contribution in [1.29, 1.82) is 0 Å². The van der Waals surface area contributed by atoms with Crippen molar-refractivity contribution >= 4 is 11.7 Å². The van der Waals surface area contributed by atoms with Crippen LogP contribution < -0.4 is 5.32 Å². The molecule has 0 saturated carbocycles. The lowest BCUT2D eigenvalue weighted by atomic mass is 10.3. The number of nitrogens with one attached hydrogen (secondary N) is 1. The Hall–Kier alpha value is -1.99. The third-order valence-corrected chi connectivity index (χ3v) is 1.65. The standard InChI is InChI=1S/C11H12N2O2/c1-3-9-15-13(2)11(14)12-10-7-5-4-6-8-10/h1,4-8H,9H2,2H3,(H,12,14). The Kier molecular flexibility index (Phi) is 4.20. The number of nitrogens with zero attached hydrogens (tertiary/aromatic N) is 1. The highest BCUT2D eigenvalue weighted by molar-refractivity contribution is 5.88. The second-order valence-electron chi connectivity index (χ2n) is 2.77. The summed E-state index contributed by atoms with van der Waals surface area (Å²) < 4.78 is 0. The van der Waals surface area contributed by atoms with E-state index in [1.807, 2.05) is 18.2 Å². The van der Waals surface area contributed by atoms with Crippen LogP contribution in [0.3, 0.4) is 0 Å². The maximum Gasteiger partial charge on any atom is 0.345 e. The second kappa shape index (κ2) is 5.68. The van der Waals surface area contributed by atoms with Crippen molar-refractivity contribution in [1.82, 2.24) is 5.06 Å². The van der Waals surface area contributed by atoms with Crippen LogP contribution in [0.1, 0.15) is 0 Å². The molecule has 0 aliphatic carbocycles. The number of benzene rings is 1. The molecule has 78 valence electrons. The maximum absolute atomic E-state index is 11.4. The summed E-state index contributed by atoms with van der Waals surface area (Å²) in [5.41, 5.74) is 0.707. The molecule has 0 spiro atoms. The topological polar surface area (TPSA) is 41.6 Å². The van der Waals surface area contributed by atoms with Gasteiger partial charge in [-0.1, -0.05) is 24.1 Å². The first-order valence-electron chi connectivity index (χ1n) is 4.40.